The molecule has 8 bridgehead atoms. The number of halogens is 2. The van der Waals surface area contributed by atoms with E-state index in [-0.39, 0.29) is 5.82 Å². The maximum Gasteiger partial charge on any atom is 0.407 e. The quantitative estimate of drug-likeness (QED) is 0.135. The monoisotopic (exact) mass is 828 g/mol. The zero-order valence-corrected chi connectivity index (χ0v) is 35.7. The van der Waals surface area contributed by atoms with E-state index in [1.807, 2.05) is 73.8 Å². The summed E-state index contributed by atoms with van der Waals surface area (Å²) in [5.74, 6) is 1.21. The van der Waals surface area contributed by atoms with Gasteiger partial charge in [-0.3, -0.25) is 9.36 Å². The number of carbonyl (C=O) groups excluding carboxylic acids is 2. The van der Waals surface area contributed by atoms with Crippen molar-refractivity contribution in [3.8, 4) is 16.9 Å². The van der Waals surface area contributed by atoms with E-state index in [4.69, 9.17) is 36.0 Å². The van der Waals surface area contributed by atoms with E-state index in [0.717, 1.165) is 79.5 Å². The highest BCUT2D eigenvalue weighted by molar-refractivity contribution is 7.97. The van der Waals surface area contributed by atoms with Gasteiger partial charge in [-0.2, -0.15) is 10.2 Å². The molecule has 1 aliphatic rings. The molecule has 0 atom stereocenters. The Labute approximate surface area is 347 Å². The predicted molar refractivity (Wildman–Crippen MR) is 227 cm³/mol. The van der Waals surface area contributed by atoms with Gasteiger partial charge in [0.25, 0.3) is 0 Å². The number of alkyl carbamates (subject to hydrolysis) is 1. The van der Waals surface area contributed by atoms with Crippen LogP contribution in [0.2, 0.25) is 5.02 Å². The fourth-order valence-corrected chi connectivity index (χ4v) is 9.09. The van der Waals surface area contributed by atoms with Gasteiger partial charge < -0.3 is 24.1 Å². The van der Waals surface area contributed by atoms with Gasteiger partial charge in [-0.1, -0.05) is 17.7 Å². The minimum absolute atomic E-state index is 0.299. The molecule has 4 heterocycles. The van der Waals surface area contributed by atoms with Gasteiger partial charge in [-0.05, 0) is 119 Å². The van der Waals surface area contributed by atoms with E-state index in [1.54, 1.807) is 23.9 Å². The van der Waals surface area contributed by atoms with Gasteiger partial charge in [-0.25, -0.2) is 14.0 Å². The van der Waals surface area contributed by atoms with Crippen LogP contribution in [0, 0.1) is 19.7 Å². The molecule has 1 aliphatic heterocycles. The Kier molecular flexibility index (Phi) is 12.1. The Morgan fingerprint density at radius 3 is 2.62 bits per heavy atom. The summed E-state index contributed by atoms with van der Waals surface area (Å²) in [6.07, 6.45) is 2.21. The van der Waals surface area contributed by atoms with Crippen LogP contribution >= 0.6 is 23.4 Å². The number of esters is 1. The SMILES string of the molecule is COC(=O)c1c(C)c2c3c(Cl)ccc2n1CCCOc1cc(cc2cc(F)ccc12)CCc1cc(nn1C)CSCc1c-3c(C)nn1CCCNC(=O)OC(C)(C)C. The van der Waals surface area contributed by atoms with Crippen molar-refractivity contribution in [1.29, 1.82) is 0 Å². The van der Waals surface area contributed by atoms with E-state index in [9.17, 15) is 14.0 Å². The molecule has 306 valence electrons. The number of methoxy groups -OCH3 is 1. The Morgan fingerprint density at radius 2 is 1.84 bits per heavy atom. The highest BCUT2D eigenvalue weighted by Crippen LogP contribution is 2.43. The van der Waals surface area contributed by atoms with E-state index in [2.05, 4.69) is 17.4 Å². The van der Waals surface area contributed by atoms with Crippen molar-refractivity contribution in [2.24, 2.45) is 7.05 Å². The summed E-state index contributed by atoms with van der Waals surface area (Å²) >= 11 is 8.92. The maximum absolute atomic E-state index is 14.4. The molecule has 0 saturated carbocycles. The molecule has 6 aromatic rings. The number of ether oxygens (including phenoxy) is 3. The van der Waals surface area contributed by atoms with Gasteiger partial charge in [-0.15, -0.1) is 11.8 Å². The van der Waals surface area contributed by atoms with Gasteiger partial charge in [0.05, 0.1) is 30.8 Å². The van der Waals surface area contributed by atoms with Crippen molar-refractivity contribution in [1.82, 2.24) is 29.4 Å². The number of fused-ring (bicyclic) bond motifs is 8. The lowest BCUT2D eigenvalue weighted by Gasteiger charge is -2.19. The standard InChI is InChI=1S/C44H50ClFN6O5S/c1-26-38-35-15-14-34(45)40(38)39-27(2)48-52(18-8-16-47-43(54)57-44(3,4)5)36(39)25-58-24-31-23-32(50(6)49-31)12-10-28-20-29-22-30(46)11-13-33(29)37(21-28)56-19-9-17-51(35)41(26)42(53)55-7/h11,13-15,20-23H,8-10,12,16-19,24-25H2,1-7H3,(H,47,54). The minimum atomic E-state index is -0.590. The largest absolute Gasteiger partial charge is 0.493 e. The second-order valence-corrected chi connectivity index (χ2v) is 17.1. The van der Waals surface area contributed by atoms with Gasteiger partial charge in [0.1, 0.15) is 22.9 Å². The number of nitrogens with one attached hydrogen (secondary N) is 1. The Morgan fingerprint density at radius 1 is 1.03 bits per heavy atom. The van der Waals surface area contributed by atoms with E-state index >= 15 is 0 Å². The average molecular weight is 829 g/mol. The van der Waals surface area contributed by atoms with Gasteiger partial charge in [0, 0.05) is 76.3 Å². The number of amides is 1. The number of carbonyl (C=O) groups is 2. The van der Waals surface area contributed by atoms with Crippen LogP contribution in [0.3, 0.4) is 0 Å². The number of hydrogen-bond donors (Lipinski definition) is 1. The third kappa shape index (κ3) is 8.70. The molecule has 0 aliphatic carbocycles. The number of aromatic nitrogens is 5. The Bertz CT molecular complexity index is 2520. The normalized spacial score (nSPS) is 13.9. The summed E-state index contributed by atoms with van der Waals surface area (Å²) < 4.78 is 37.6. The summed E-state index contributed by atoms with van der Waals surface area (Å²) in [4.78, 5) is 25.9. The first-order valence-corrected chi connectivity index (χ1v) is 21.1. The third-order valence-electron chi connectivity index (χ3n) is 10.4. The molecule has 3 aromatic heterocycles. The molecule has 1 N–H and O–H groups in total. The highest BCUT2D eigenvalue weighted by Gasteiger charge is 2.28. The summed E-state index contributed by atoms with van der Waals surface area (Å²) in [7, 11) is 3.36. The van der Waals surface area contributed by atoms with Crippen LogP contribution in [-0.2, 0) is 54.0 Å². The Hall–Kier alpha value is -5.01. The summed E-state index contributed by atoms with van der Waals surface area (Å²) in [5, 5.41) is 15.8. The van der Waals surface area contributed by atoms with E-state index in [0.29, 0.717) is 67.1 Å². The lowest BCUT2D eigenvalue weighted by molar-refractivity contribution is 0.0525. The minimum Gasteiger partial charge on any atom is -0.493 e. The molecule has 0 saturated heterocycles. The van der Waals surface area contributed by atoms with Gasteiger partial charge >= 0.3 is 12.1 Å². The van der Waals surface area contributed by atoms with Crippen LogP contribution in [0.5, 0.6) is 5.75 Å². The van der Waals surface area contributed by atoms with Gasteiger partial charge in [0.2, 0.25) is 0 Å². The molecule has 0 radical (unpaired) electrons. The van der Waals surface area contributed by atoms with Crippen LogP contribution < -0.4 is 10.1 Å². The van der Waals surface area contributed by atoms with Crippen molar-refractivity contribution in [2.75, 3.05) is 20.3 Å². The topological polar surface area (TPSA) is 114 Å². The third-order valence-corrected chi connectivity index (χ3v) is 11.7. The summed E-state index contributed by atoms with van der Waals surface area (Å²) in [6.45, 7) is 11.2. The van der Waals surface area contributed by atoms with Crippen LogP contribution in [0.4, 0.5) is 9.18 Å². The first-order chi connectivity index (χ1) is 27.7. The van der Waals surface area contributed by atoms with E-state index < -0.39 is 17.7 Å². The van der Waals surface area contributed by atoms with Crippen LogP contribution in [0.15, 0.2) is 48.5 Å². The molecule has 14 heteroatoms. The zero-order valence-electron chi connectivity index (χ0n) is 34.1. The van der Waals surface area contributed by atoms with Crippen molar-refractivity contribution >= 4 is 57.1 Å². The number of nitrogens with zero attached hydrogens (tertiary/aromatic N) is 5. The molecular weight excluding hydrogens is 779 g/mol. The molecule has 7 rings (SSSR count). The Balaban J connectivity index is 1.31. The van der Waals surface area contributed by atoms with Crippen molar-refractivity contribution in [3.63, 3.8) is 0 Å². The predicted octanol–water partition coefficient (Wildman–Crippen LogP) is 9.50. The molecule has 58 heavy (non-hydrogen) atoms. The van der Waals surface area contributed by atoms with Crippen molar-refractivity contribution in [3.05, 3.63) is 99.0 Å². The number of benzene rings is 3. The molecule has 0 unspecified atom stereocenters. The van der Waals surface area contributed by atoms with E-state index in [1.165, 1.54) is 13.2 Å². The summed E-state index contributed by atoms with van der Waals surface area (Å²) in [5.41, 5.74) is 8.08. The lowest BCUT2D eigenvalue weighted by Crippen LogP contribution is -2.33. The molecule has 11 nitrogen and oxygen atoms in total. The zero-order chi connectivity index (χ0) is 41.3. The van der Waals surface area contributed by atoms with Crippen molar-refractivity contribution < 1.29 is 28.2 Å². The molecule has 1 amide bonds. The molecule has 3 aromatic carbocycles. The number of rotatable bonds is 5. The first kappa shape index (κ1) is 41.2. The smallest absolute Gasteiger partial charge is 0.407 e. The fourth-order valence-electron chi connectivity index (χ4n) is 7.90. The average Bonchev–Trinajstić information content (AvgIpc) is 3.78. The van der Waals surface area contributed by atoms with Crippen LogP contribution in [-0.4, -0.2) is 62.1 Å². The molecule has 0 fully saturated rings. The fraction of sp³-hybridized carbons (Fsp3) is 0.409. The lowest BCUT2D eigenvalue weighted by atomic mass is 9.97. The van der Waals surface area contributed by atoms with Gasteiger partial charge in [0.15, 0.2) is 0 Å². The number of thioether (sulfide) groups is 1. The maximum atomic E-state index is 14.4. The highest BCUT2D eigenvalue weighted by atomic mass is 35.5. The number of aryl methyl sites for hydroxylation is 7. The second kappa shape index (κ2) is 17.1. The van der Waals surface area contributed by atoms with Crippen molar-refractivity contribution in [2.45, 2.75) is 90.5 Å². The first-order valence-electron chi connectivity index (χ1n) is 19.6. The van der Waals surface area contributed by atoms with Crippen LogP contribution in [0.1, 0.15) is 78.0 Å². The molecular formula is C44H50ClFN6O5S. The number of hydrogen-bond acceptors (Lipinski definition) is 8. The molecule has 0 spiro atoms. The second-order valence-electron chi connectivity index (χ2n) is 15.8. The summed E-state index contributed by atoms with van der Waals surface area (Å²) in [6, 6.07) is 14.8. The van der Waals surface area contributed by atoms with Crippen LogP contribution in [0.25, 0.3) is 32.8 Å².